The summed E-state index contributed by atoms with van der Waals surface area (Å²) in [6, 6.07) is -0.487. The van der Waals surface area contributed by atoms with Crippen molar-refractivity contribution in [1.29, 1.82) is 0 Å². The lowest BCUT2D eigenvalue weighted by Crippen LogP contribution is -2.42. The monoisotopic (exact) mass is 312 g/mol. The van der Waals surface area contributed by atoms with Crippen LogP contribution < -0.4 is 10.6 Å². The predicted molar refractivity (Wildman–Crippen MR) is 81.2 cm³/mol. The van der Waals surface area contributed by atoms with E-state index in [-0.39, 0.29) is 12.1 Å². The Morgan fingerprint density at radius 3 is 2.48 bits per heavy atom. The molecule has 2 rings (SSSR count). The van der Waals surface area contributed by atoms with Gasteiger partial charge in [-0.25, -0.2) is 9.59 Å². The SMILES string of the molecule is Cc1sc(NC(=O)NCC2(O)CCCC2)c(C(=O)O)c1C. The Hall–Kier alpha value is -1.60. The van der Waals surface area contributed by atoms with Crippen LogP contribution in [0.15, 0.2) is 0 Å². The molecule has 0 bridgehead atoms. The highest BCUT2D eigenvalue weighted by molar-refractivity contribution is 7.16. The summed E-state index contributed by atoms with van der Waals surface area (Å²) in [5, 5.41) is 24.9. The van der Waals surface area contributed by atoms with Crippen LogP contribution in [0.2, 0.25) is 0 Å². The third-order valence-corrected chi connectivity index (χ3v) is 5.06. The van der Waals surface area contributed by atoms with Crippen molar-refractivity contribution in [3.8, 4) is 0 Å². The zero-order chi connectivity index (χ0) is 15.6. The maximum Gasteiger partial charge on any atom is 0.338 e. The molecule has 1 heterocycles. The largest absolute Gasteiger partial charge is 0.478 e. The van der Waals surface area contributed by atoms with Crippen molar-refractivity contribution in [1.82, 2.24) is 5.32 Å². The third-order valence-electron chi connectivity index (χ3n) is 3.94. The summed E-state index contributed by atoms with van der Waals surface area (Å²) < 4.78 is 0. The topological polar surface area (TPSA) is 98.7 Å². The molecule has 6 nitrogen and oxygen atoms in total. The molecule has 1 aliphatic carbocycles. The molecule has 0 aromatic carbocycles. The number of aliphatic hydroxyl groups is 1. The van der Waals surface area contributed by atoms with Gasteiger partial charge < -0.3 is 15.5 Å². The van der Waals surface area contributed by atoms with Gasteiger partial charge in [0.05, 0.1) is 11.2 Å². The second-order valence-corrected chi connectivity index (χ2v) is 6.76. The summed E-state index contributed by atoms with van der Waals surface area (Å²) in [7, 11) is 0. The molecule has 0 unspecified atom stereocenters. The van der Waals surface area contributed by atoms with Crippen molar-refractivity contribution in [3.05, 3.63) is 16.0 Å². The van der Waals surface area contributed by atoms with Crippen molar-refractivity contribution >= 4 is 28.3 Å². The fourth-order valence-corrected chi connectivity index (χ4v) is 3.62. The van der Waals surface area contributed by atoms with Gasteiger partial charge in [0.15, 0.2) is 0 Å². The van der Waals surface area contributed by atoms with Crippen LogP contribution in [0.4, 0.5) is 9.80 Å². The van der Waals surface area contributed by atoms with Crippen LogP contribution in [0.25, 0.3) is 0 Å². The van der Waals surface area contributed by atoms with Gasteiger partial charge in [0.1, 0.15) is 5.00 Å². The molecule has 7 heteroatoms. The number of urea groups is 1. The standard InChI is InChI=1S/C14H20N2O4S/c1-8-9(2)21-11(10(8)12(17)18)16-13(19)15-7-14(20)5-3-4-6-14/h20H,3-7H2,1-2H3,(H,17,18)(H2,15,16,19). The van der Waals surface area contributed by atoms with Crippen LogP contribution >= 0.6 is 11.3 Å². The summed E-state index contributed by atoms with van der Waals surface area (Å²) in [5.74, 6) is -1.05. The van der Waals surface area contributed by atoms with Crippen molar-refractivity contribution in [3.63, 3.8) is 0 Å². The minimum Gasteiger partial charge on any atom is -0.478 e. The second-order valence-electron chi connectivity index (χ2n) is 5.53. The number of aromatic carboxylic acids is 1. The molecule has 1 aromatic rings. The fourth-order valence-electron chi connectivity index (χ4n) is 2.57. The van der Waals surface area contributed by atoms with E-state index in [1.807, 2.05) is 6.92 Å². The van der Waals surface area contributed by atoms with E-state index < -0.39 is 17.6 Å². The number of carboxylic acids is 1. The molecule has 1 fully saturated rings. The van der Waals surface area contributed by atoms with Crippen molar-refractivity contribution in [2.24, 2.45) is 0 Å². The van der Waals surface area contributed by atoms with Crippen molar-refractivity contribution in [2.75, 3.05) is 11.9 Å². The van der Waals surface area contributed by atoms with Crippen LogP contribution in [0.1, 0.15) is 46.5 Å². The smallest absolute Gasteiger partial charge is 0.338 e. The number of carbonyl (C=O) groups is 2. The van der Waals surface area contributed by atoms with E-state index >= 15 is 0 Å². The molecule has 0 atom stereocenters. The minimum atomic E-state index is -1.05. The van der Waals surface area contributed by atoms with E-state index in [2.05, 4.69) is 10.6 Å². The first-order chi connectivity index (χ1) is 9.82. The number of nitrogens with one attached hydrogen (secondary N) is 2. The summed E-state index contributed by atoms with van der Waals surface area (Å²) in [4.78, 5) is 24.0. The van der Waals surface area contributed by atoms with Crippen molar-refractivity contribution in [2.45, 2.75) is 45.1 Å². The van der Waals surface area contributed by atoms with Crippen LogP contribution in [0, 0.1) is 13.8 Å². The van der Waals surface area contributed by atoms with Crippen LogP contribution in [0.5, 0.6) is 0 Å². The van der Waals surface area contributed by atoms with E-state index in [4.69, 9.17) is 0 Å². The first-order valence-corrected chi connectivity index (χ1v) is 7.74. The second kappa shape index (κ2) is 6.03. The van der Waals surface area contributed by atoms with Crippen molar-refractivity contribution < 1.29 is 19.8 Å². The molecule has 1 aliphatic rings. The summed E-state index contributed by atoms with van der Waals surface area (Å²) in [6.45, 7) is 3.72. The molecule has 4 N–H and O–H groups in total. The number of aryl methyl sites for hydroxylation is 1. The number of carboxylic acid groups (broad SMARTS) is 1. The van der Waals surface area contributed by atoms with E-state index in [1.165, 1.54) is 11.3 Å². The van der Waals surface area contributed by atoms with Gasteiger partial charge in [-0.3, -0.25) is 5.32 Å². The van der Waals surface area contributed by atoms with Gasteiger partial charge in [-0.2, -0.15) is 0 Å². The molecule has 0 aliphatic heterocycles. The number of carbonyl (C=O) groups excluding carboxylic acids is 1. The van der Waals surface area contributed by atoms with Gasteiger partial charge in [0, 0.05) is 11.4 Å². The Labute approximate surface area is 127 Å². The average molecular weight is 312 g/mol. The summed E-state index contributed by atoms with van der Waals surface area (Å²) in [5.41, 5.74) is -0.0294. The lowest BCUT2D eigenvalue weighted by atomic mass is 10.0. The van der Waals surface area contributed by atoms with E-state index in [0.717, 1.165) is 17.7 Å². The maximum atomic E-state index is 11.9. The molecular weight excluding hydrogens is 292 g/mol. The molecule has 21 heavy (non-hydrogen) atoms. The molecule has 0 spiro atoms. The Morgan fingerprint density at radius 2 is 1.90 bits per heavy atom. The normalized spacial score (nSPS) is 16.7. The molecule has 0 radical (unpaired) electrons. The zero-order valence-corrected chi connectivity index (χ0v) is 13.0. The number of amides is 2. The predicted octanol–water partition coefficient (Wildman–Crippen LogP) is 2.49. The highest BCUT2D eigenvalue weighted by atomic mass is 32.1. The van der Waals surface area contributed by atoms with E-state index in [1.54, 1.807) is 6.92 Å². The lowest BCUT2D eigenvalue weighted by Gasteiger charge is -2.22. The van der Waals surface area contributed by atoms with Gasteiger partial charge in [-0.1, -0.05) is 12.8 Å². The number of hydrogen-bond acceptors (Lipinski definition) is 4. The molecule has 2 amide bonds. The molecule has 0 saturated heterocycles. The average Bonchev–Trinajstić information content (AvgIpc) is 2.93. The van der Waals surface area contributed by atoms with Gasteiger partial charge >= 0.3 is 12.0 Å². The molecule has 1 aromatic heterocycles. The highest BCUT2D eigenvalue weighted by Crippen LogP contribution is 2.32. The number of anilines is 1. The van der Waals surface area contributed by atoms with Crippen LogP contribution in [0.3, 0.4) is 0 Å². The van der Waals surface area contributed by atoms with E-state index in [9.17, 15) is 19.8 Å². The van der Waals surface area contributed by atoms with Crippen LogP contribution in [-0.2, 0) is 0 Å². The Kier molecular flexibility index (Phi) is 4.53. The molecular formula is C14H20N2O4S. The Bertz CT molecular complexity index is 562. The van der Waals surface area contributed by atoms with Gasteiger partial charge in [0.2, 0.25) is 0 Å². The Morgan fingerprint density at radius 1 is 1.29 bits per heavy atom. The number of thiophene rings is 1. The quantitative estimate of drug-likeness (QED) is 0.686. The van der Waals surface area contributed by atoms with Gasteiger partial charge in [-0.05, 0) is 32.3 Å². The zero-order valence-electron chi connectivity index (χ0n) is 12.2. The Balaban J connectivity index is 2.00. The lowest BCUT2D eigenvalue weighted by molar-refractivity contribution is 0.0506. The fraction of sp³-hybridized carbons (Fsp3) is 0.571. The number of hydrogen-bond donors (Lipinski definition) is 4. The van der Waals surface area contributed by atoms with Crippen LogP contribution in [-0.4, -0.2) is 34.4 Å². The highest BCUT2D eigenvalue weighted by Gasteiger charge is 2.31. The van der Waals surface area contributed by atoms with Gasteiger partial charge in [-0.15, -0.1) is 11.3 Å². The number of rotatable bonds is 4. The minimum absolute atomic E-state index is 0.132. The first kappa shape index (κ1) is 15.8. The van der Waals surface area contributed by atoms with E-state index in [0.29, 0.717) is 23.4 Å². The molecule has 1 saturated carbocycles. The van der Waals surface area contributed by atoms with Gasteiger partial charge in [0.25, 0.3) is 0 Å². The summed E-state index contributed by atoms with van der Waals surface area (Å²) in [6.07, 6.45) is 3.30. The molecule has 116 valence electrons. The third kappa shape index (κ3) is 3.54. The maximum absolute atomic E-state index is 11.9. The first-order valence-electron chi connectivity index (χ1n) is 6.93. The summed E-state index contributed by atoms with van der Waals surface area (Å²) >= 11 is 1.24.